The van der Waals surface area contributed by atoms with E-state index in [4.69, 9.17) is 4.74 Å². The Bertz CT molecular complexity index is 1280. The molecule has 0 aliphatic carbocycles. The van der Waals surface area contributed by atoms with Crippen molar-refractivity contribution >= 4 is 16.1 Å². The Labute approximate surface area is 191 Å². The van der Waals surface area contributed by atoms with E-state index in [0.29, 0.717) is 5.56 Å². The van der Waals surface area contributed by atoms with Crippen LogP contribution in [0, 0.1) is 17.1 Å². The smallest absolute Gasteiger partial charge is 0.409 e. The lowest BCUT2D eigenvalue weighted by Crippen LogP contribution is -2.27. The summed E-state index contributed by atoms with van der Waals surface area (Å²) < 4.78 is 47.5. The third-order valence-electron chi connectivity index (χ3n) is 4.86. The van der Waals surface area contributed by atoms with E-state index in [1.165, 1.54) is 60.9 Å². The second-order valence-corrected chi connectivity index (χ2v) is 9.17. The summed E-state index contributed by atoms with van der Waals surface area (Å²) in [5.41, 5.74) is 0.586. The molecule has 0 aliphatic rings. The summed E-state index contributed by atoms with van der Waals surface area (Å²) in [6, 6.07) is 9.97. The van der Waals surface area contributed by atoms with Gasteiger partial charge in [0.15, 0.2) is 0 Å². The molecule has 1 aromatic carbocycles. The van der Waals surface area contributed by atoms with Gasteiger partial charge in [0.25, 0.3) is 10.0 Å². The highest BCUT2D eigenvalue weighted by Gasteiger charge is 2.24. The second kappa shape index (κ2) is 10.3. The first-order valence-electron chi connectivity index (χ1n) is 10.2. The van der Waals surface area contributed by atoms with E-state index in [-0.39, 0.29) is 34.9 Å². The van der Waals surface area contributed by atoms with Crippen LogP contribution in [-0.2, 0) is 21.3 Å². The summed E-state index contributed by atoms with van der Waals surface area (Å²) in [4.78, 5) is 17.3. The predicted molar refractivity (Wildman–Crippen MR) is 119 cm³/mol. The van der Waals surface area contributed by atoms with Gasteiger partial charge in [-0.3, -0.25) is 4.98 Å². The highest BCUT2D eigenvalue weighted by molar-refractivity contribution is 7.90. The van der Waals surface area contributed by atoms with Crippen molar-refractivity contribution in [3.05, 3.63) is 71.9 Å². The molecular weight excluding hydrogens is 447 g/mol. The predicted octanol–water partition coefficient (Wildman–Crippen LogP) is 4.17. The molecule has 0 N–H and O–H groups in total. The van der Waals surface area contributed by atoms with Crippen LogP contribution in [0.5, 0.6) is 0 Å². The number of hydrogen-bond donors (Lipinski definition) is 0. The summed E-state index contributed by atoms with van der Waals surface area (Å²) in [6.45, 7) is 2.30. The van der Waals surface area contributed by atoms with Crippen LogP contribution in [-0.4, -0.2) is 42.0 Å². The number of carbonyl (C=O) groups is 1. The van der Waals surface area contributed by atoms with Gasteiger partial charge in [-0.25, -0.2) is 21.6 Å². The van der Waals surface area contributed by atoms with Gasteiger partial charge < -0.3 is 9.64 Å². The van der Waals surface area contributed by atoms with Crippen LogP contribution in [0.25, 0.3) is 11.3 Å². The van der Waals surface area contributed by atoms with Crippen molar-refractivity contribution in [2.75, 3.05) is 13.7 Å². The number of nitriles is 1. The van der Waals surface area contributed by atoms with Crippen molar-refractivity contribution in [2.45, 2.75) is 31.2 Å². The highest BCUT2D eigenvalue weighted by atomic mass is 32.2. The molecule has 8 nitrogen and oxygen atoms in total. The van der Waals surface area contributed by atoms with Gasteiger partial charge in [-0.15, -0.1) is 0 Å². The maximum absolute atomic E-state index is 14.7. The molecule has 1 amide bonds. The van der Waals surface area contributed by atoms with Gasteiger partial charge in [-0.2, -0.15) is 5.26 Å². The molecule has 0 spiro atoms. The van der Waals surface area contributed by atoms with Crippen molar-refractivity contribution in [2.24, 2.45) is 0 Å². The molecular formula is C23H23FN4O4S. The SMILES string of the molecule is CCCCOC(=O)N(C)Cc1cc(-c2cc(C#N)ccc2F)n(S(=O)(=O)c2cccnc2)c1. The fraction of sp³-hybridized carbons (Fsp3) is 0.261. The Kier molecular flexibility index (Phi) is 7.45. The Morgan fingerprint density at radius 1 is 1.30 bits per heavy atom. The summed E-state index contributed by atoms with van der Waals surface area (Å²) in [5.74, 6) is -0.686. The van der Waals surface area contributed by atoms with Crippen molar-refractivity contribution in [3.8, 4) is 17.3 Å². The number of aromatic nitrogens is 2. The molecule has 0 atom stereocenters. The van der Waals surface area contributed by atoms with Crippen LogP contribution >= 0.6 is 0 Å². The quantitative estimate of drug-likeness (QED) is 0.458. The minimum Gasteiger partial charge on any atom is -0.449 e. The van der Waals surface area contributed by atoms with Crippen molar-refractivity contribution < 1.29 is 22.3 Å². The number of benzene rings is 1. The first kappa shape index (κ1) is 23.9. The Hall–Kier alpha value is -3.71. The van der Waals surface area contributed by atoms with Crippen molar-refractivity contribution in [3.63, 3.8) is 0 Å². The first-order chi connectivity index (χ1) is 15.8. The Morgan fingerprint density at radius 3 is 2.76 bits per heavy atom. The van der Waals surface area contributed by atoms with E-state index >= 15 is 0 Å². The molecule has 3 rings (SSSR count). The molecule has 0 unspecified atom stereocenters. The summed E-state index contributed by atoms with van der Waals surface area (Å²) in [6.07, 6.45) is 5.02. The molecule has 0 bridgehead atoms. The van der Waals surface area contributed by atoms with Gasteiger partial charge in [0.2, 0.25) is 0 Å². The molecule has 0 radical (unpaired) electrons. The lowest BCUT2D eigenvalue weighted by molar-refractivity contribution is 0.108. The highest BCUT2D eigenvalue weighted by Crippen LogP contribution is 2.30. The topological polar surface area (TPSA) is 105 Å². The molecule has 0 fully saturated rings. The van der Waals surface area contributed by atoms with Crippen molar-refractivity contribution in [1.82, 2.24) is 13.9 Å². The van der Waals surface area contributed by atoms with Crippen LogP contribution in [0.3, 0.4) is 0 Å². The van der Waals surface area contributed by atoms with Gasteiger partial charge in [0.1, 0.15) is 10.7 Å². The fourth-order valence-electron chi connectivity index (χ4n) is 3.14. The number of nitrogens with zero attached hydrogens (tertiary/aromatic N) is 4. The van der Waals surface area contributed by atoms with E-state index in [1.54, 1.807) is 0 Å². The summed E-state index contributed by atoms with van der Waals surface area (Å²) in [5, 5.41) is 9.22. The van der Waals surface area contributed by atoms with Gasteiger partial charge in [-0.1, -0.05) is 13.3 Å². The van der Waals surface area contributed by atoms with E-state index in [0.717, 1.165) is 22.9 Å². The number of carbonyl (C=O) groups excluding carboxylic acids is 1. The van der Waals surface area contributed by atoms with Crippen LogP contribution in [0.4, 0.5) is 9.18 Å². The van der Waals surface area contributed by atoms with Gasteiger partial charge >= 0.3 is 6.09 Å². The maximum Gasteiger partial charge on any atom is 0.409 e. The van der Waals surface area contributed by atoms with Crippen LogP contribution in [0.2, 0.25) is 0 Å². The molecule has 2 aromatic heterocycles. The van der Waals surface area contributed by atoms with Crippen molar-refractivity contribution in [1.29, 1.82) is 5.26 Å². The van der Waals surface area contributed by atoms with E-state index < -0.39 is 21.9 Å². The molecule has 0 saturated carbocycles. The number of rotatable bonds is 8. The van der Waals surface area contributed by atoms with E-state index in [9.17, 15) is 22.9 Å². The first-order valence-corrected chi connectivity index (χ1v) is 11.7. The molecule has 10 heteroatoms. The standard InChI is InChI=1S/C23H23FN4O4S/c1-3-4-10-32-23(29)27(2)15-18-12-22(20-11-17(13-25)7-8-21(20)24)28(16-18)33(30,31)19-6-5-9-26-14-19/h5-9,11-12,14,16H,3-4,10,15H2,1-2H3. The minimum absolute atomic E-state index is 0.0243. The zero-order valence-corrected chi connectivity index (χ0v) is 19.0. The average molecular weight is 471 g/mol. The third-order valence-corrected chi connectivity index (χ3v) is 6.52. The molecule has 2 heterocycles. The van der Waals surface area contributed by atoms with Gasteiger partial charge in [0.05, 0.1) is 30.5 Å². The van der Waals surface area contributed by atoms with Crippen LogP contribution < -0.4 is 0 Å². The van der Waals surface area contributed by atoms with E-state index in [1.807, 2.05) is 13.0 Å². The Balaban J connectivity index is 2.06. The monoisotopic (exact) mass is 470 g/mol. The lowest BCUT2D eigenvalue weighted by atomic mass is 10.1. The molecule has 3 aromatic rings. The molecule has 33 heavy (non-hydrogen) atoms. The third kappa shape index (κ3) is 5.38. The second-order valence-electron chi connectivity index (χ2n) is 7.35. The van der Waals surface area contributed by atoms with Gasteiger partial charge in [-0.05, 0) is 48.4 Å². The number of halogens is 1. The summed E-state index contributed by atoms with van der Waals surface area (Å²) in [7, 11) is -2.61. The number of pyridine rings is 1. The molecule has 172 valence electrons. The maximum atomic E-state index is 14.7. The number of hydrogen-bond acceptors (Lipinski definition) is 6. The average Bonchev–Trinajstić information content (AvgIpc) is 3.24. The minimum atomic E-state index is -4.14. The zero-order valence-electron chi connectivity index (χ0n) is 18.2. The van der Waals surface area contributed by atoms with Crippen LogP contribution in [0.15, 0.2) is 59.9 Å². The number of ether oxygens (including phenoxy) is 1. The lowest BCUT2D eigenvalue weighted by Gasteiger charge is -2.16. The normalized spacial score (nSPS) is 11.1. The number of amides is 1. The Morgan fingerprint density at radius 2 is 2.09 bits per heavy atom. The van der Waals surface area contributed by atoms with Gasteiger partial charge in [0, 0.05) is 31.2 Å². The van der Waals surface area contributed by atoms with Crippen LogP contribution in [0.1, 0.15) is 30.9 Å². The molecule has 0 saturated heterocycles. The fourth-order valence-corrected chi connectivity index (χ4v) is 4.49. The largest absolute Gasteiger partial charge is 0.449 e. The number of unbranched alkanes of at least 4 members (excludes halogenated alkanes) is 1. The molecule has 0 aliphatic heterocycles. The van der Waals surface area contributed by atoms with E-state index in [2.05, 4.69) is 4.98 Å². The summed E-state index contributed by atoms with van der Waals surface area (Å²) >= 11 is 0. The zero-order chi connectivity index (χ0) is 24.0.